The number of rotatable bonds is 6. The van der Waals surface area contributed by atoms with Crippen LogP contribution in [0.5, 0.6) is 0 Å². The Kier molecular flexibility index (Phi) is 6.22. The summed E-state index contributed by atoms with van der Waals surface area (Å²) in [6.45, 7) is 12.9. The summed E-state index contributed by atoms with van der Waals surface area (Å²) >= 11 is 0. The summed E-state index contributed by atoms with van der Waals surface area (Å²) in [7, 11) is 0. The van der Waals surface area contributed by atoms with Gasteiger partial charge in [-0.25, -0.2) is 0 Å². The molecular formula is C21H30N6. The molecule has 3 rings (SSSR count). The SMILES string of the molecule is CC1=CNCC(c2ccc(CN3CCN(C(C)(C)CN=[N+]=[N-])CC3)cc2)=C1. The van der Waals surface area contributed by atoms with Gasteiger partial charge in [-0.15, -0.1) is 0 Å². The first-order valence-electron chi connectivity index (χ1n) is 9.66. The molecule has 1 N–H and O–H groups in total. The molecule has 144 valence electrons. The van der Waals surface area contributed by atoms with Gasteiger partial charge >= 0.3 is 0 Å². The highest BCUT2D eigenvalue weighted by molar-refractivity contribution is 5.70. The van der Waals surface area contributed by atoms with E-state index in [1.165, 1.54) is 22.3 Å². The average molecular weight is 367 g/mol. The van der Waals surface area contributed by atoms with Crippen molar-refractivity contribution < 1.29 is 0 Å². The third-order valence-corrected chi connectivity index (χ3v) is 5.50. The lowest BCUT2D eigenvalue weighted by Gasteiger charge is -2.43. The van der Waals surface area contributed by atoms with E-state index < -0.39 is 0 Å². The summed E-state index contributed by atoms with van der Waals surface area (Å²) < 4.78 is 0. The quantitative estimate of drug-likeness (QED) is 0.473. The second kappa shape index (κ2) is 8.61. The van der Waals surface area contributed by atoms with Crippen molar-refractivity contribution in [3.8, 4) is 0 Å². The van der Waals surface area contributed by atoms with Crippen LogP contribution in [-0.2, 0) is 6.54 Å². The Bertz CT molecular complexity index is 747. The van der Waals surface area contributed by atoms with E-state index in [1.54, 1.807) is 0 Å². The van der Waals surface area contributed by atoms with E-state index in [2.05, 4.69) is 82.5 Å². The number of hydrogen-bond acceptors (Lipinski definition) is 4. The Morgan fingerprint density at radius 3 is 2.48 bits per heavy atom. The number of hydrogen-bond donors (Lipinski definition) is 1. The zero-order valence-corrected chi connectivity index (χ0v) is 16.6. The second-order valence-electron chi connectivity index (χ2n) is 8.10. The predicted molar refractivity (Wildman–Crippen MR) is 111 cm³/mol. The van der Waals surface area contributed by atoms with Gasteiger partial charge in [-0.05, 0) is 54.8 Å². The molecular weight excluding hydrogens is 336 g/mol. The van der Waals surface area contributed by atoms with Gasteiger partial charge in [-0.2, -0.15) is 0 Å². The molecule has 2 aliphatic heterocycles. The molecule has 2 aliphatic rings. The summed E-state index contributed by atoms with van der Waals surface area (Å²) in [5.74, 6) is 0. The Morgan fingerprint density at radius 1 is 1.15 bits per heavy atom. The number of allylic oxidation sites excluding steroid dienone is 2. The normalized spacial score (nSPS) is 18.9. The van der Waals surface area contributed by atoms with Crippen LogP contribution < -0.4 is 5.32 Å². The number of piperazine rings is 1. The highest BCUT2D eigenvalue weighted by atomic mass is 15.3. The van der Waals surface area contributed by atoms with E-state index in [9.17, 15) is 0 Å². The Balaban J connectivity index is 1.53. The monoisotopic (exact) mass is 366 g/mol. The van der Waals surface area contributed by atoms with Crippen LogP contribution in [-0.4, -0.2) is 54.6 Å². The van der Waals surface area contributed by atoms with Crippen molar-refractivity contribution in [1.82, 2.24) is 15.1 Å². The Morgan fingerprint density at radius 2 is 1.85 bits per heavy atom. The summed E-state index contributed by atoms with van der Waals surface area (Å²) in [4.78, 5) is 7.84. The van der Waals surface area contributed by atoms with Crippen molar-refractivity contribution in [3.63, 3.8) is 0 Å². The fourth-order valence-electron chi connectivity index (χ4n) is 3.77. The minimum absolute atomic E-state index is 0.0751. The zero-order chi connectivity index (χ0) is 19.3. The second-order valence-corrected chi connectivity index (χ2v) is 8.10. The Hall–Kier alpha value is -2.27. The maximum absolute atomic E-state index is 8.57. The molecule has 0 amide bonds. The van der Waals surface area contributed by atoms with Gasteiger partial charge in [0, 0.05) is 56.3 Å². The molecule has 2 heterocycles. The van der Waals surface area contributed by atoms with Crippen LogP contribution in [0, 0.1) is 0 Å². The molecule has 0 bridgehead atoms. The largest absolute Gasteiger partial charge is 0.387 e. The van der Waals surface area contributed by atoms with Crippen molar-refractivity contribution in [2.45, 2.75) is 32.9 Å². The molecule has 1 aromatic carbocycles. The van der Waals surface area contributed by atoms with Crippen molar-refractivity contribution in [2.75, 3.05) is 39.3 Å². The predicted octanol–water partition coefficient (Wildman–Crippen LogP) is 3.78. The van der Waals surface area contributed by atoms with E-state index >= 15 is 0 Å². The first kappa shape index (κ1) is 19.5. The minimum Gasteiger partial charge on any atom is -0.387 e. The van der Waals surface area contributed by atoms with Crippen LogP contribution in [0.2, 0.25) is 0 Å². The van der Waals surface area contributed by atoms with E-state index in [4.69, 9.17) is 5.53 Å². The van der Waals surface area contributed by atoms with Crippen LogP contribution >= 0.6 is 0 Å². The van der Waals surface area contributed by atoms with Gasteiger partial charge in [-0.3, -0.25) is 9.80 Å². The molecule has 6 heteroatoms. The minimum atomic E-state index is -0.0751. The molecule has 27 heavy (non-hydrogen) atoms. The molecule has 0 aromatic heterocycles. The fraction of sp³-hybridized carbons (Fsp3) is 0.524. The summed E-state index contributed by atoms with van der Waals surface area (Å²) in [5.41, 5.74) is 13.8. The lowest BCUT2D eigenvalue weighted by Crippen LogP contribution is -2.55. The summed E-state index contributed by atoms with van der Waals surface area (Å²) in [6, 6.07) is 8.98. The van der Waals surface area contributed by atoms with Gasteiger partial charge in [0.1, 0.15) is 0 Å². The van der Waals surface area contributed by atoms with Crippen LogP contribution in [0.15, 0.2) is 47.2 Å². The summed E-state index contributed by atoms with van der Waals surface area (Å²) in [6.07, 6.45) is 4.31. The average Bonchev–Trinajstić information content (AvgIpc) is 2.67. The summed E-state index contributed by atoms with van der Waals surface area (Å²) in [5, 5.41) is 7.09. The molecule has 0 spiro atoms. The van der Waals surface area contributed by atoms with Gasteiger partial charge < -0.3 is 5.32 Å². The molecule has 1 saturated heterocycles. The van der Waals surface area contributed by atoms with Gasteiger partial charge in [0.25, 0.3) is 0 Å². The molecule has 0 unspecified atom stereocenters. The topological polar surface area (TPSA) is 67.3 Å². The highest BCUT2D eigenvalue weighted by Gasteiger charge is 2.29. The molecule has 6 nitrogen and oxygen atoms in total. The van der Waals surface area contributed by atoms with Gasteiger partial charge in [0.15, 0.2) is 0 Å². The van der Waals surface area contributed by atoms with E-state index in [0.29, 0.717) is 6.54 Å². The molecule has 0 saturated carbocycles. The van der Waals surface area contributed by atoms with Crippen molar-refractivity contribution in [2.24, 2.45) is 5.11 Å². The molecule has 1 fully saturated rings. The zero-order valence-electron chi connectivity index (χ0n) is 16.6. The first-order valence-corrected chi connectivity index (χ1v) is 9.66. The maximum Gasteiger partial charge on any atom is 0.0437 e. The molecule has 0 atom stereocenters. The smallest absolute Gasteiger partial charge is 0.0437 e. The van der Waals surface area contributed by atoms with E-state index in [1.807, 2.05) is 0 Å². The standard InChI is InChI=1S/C21H30N6/c1-17-12-20(14-23-13-17)19-6-4-18(5-7-19)15-26-8-10-27(11-9-26)21(2,3)16-24-25-22/h4-7,12-13,23H,8-11,14-16H2,1-3H3. The number of benzene rings is 1. The lowest BCUT2D eigenvalue weighted by atomic mass is 10.00. The number of dihydropyridines is 1. The van der Waals surface area contributed by atoms with Gasteiger partial charge in [0.2, 0.25) is 0 Å². The highest BCUT2D eigenvalue weighted by Crippen LogP contribution is 2.21. The van der Waals surface area contributed by atoms with Crippen molar-refractivity contribution >= 4 is 5.57 Å². The molecule has 1 aromatic rings. The van der Waals surface area contributed by atoms with Crippen LogP contribution in [0.1, 0.15) is 31.9 Å². The maximum atomic E-state index is 8.57. The van der Waals surface area contributed by atoms with Crippen LogP contribution in [0.25, 0.3) is 16.0 Å². The Labute approximate surface area is 162 Å². The van der Waals surface area contributed by atoms with Gasteiger partial charge in [-0.1, -0.05) is 35.5 Å². The van der Waals surface area contributed by atoms with Crippen LogP contribution in [0.4, 0.5) is 0 Å². The first-order chi connectivity index (χ1) is 13.0. The third kappa shape index (κ3) is 5.13. The van der Waals surface area contributed by atoms with E-state index in [-0.39, 0.29) is 5.54 Å². The van der Waals surface area contributed by atoms with Crippen molar-refractivity contribution in [1.29, 1.82) is 0 Å². The number of nitrogens with one attached hydrogen (secondary N) is 1. The van der Waals surface area contributed by atoms with Crippen LogP contribution in [0.3, 0.4) is 0 Å². The molecule has 0 aliphatic carbocycles. The third-order valence-electron chi connectivity index (χ3n) is 5.50. The van der Waals surface area contributed by atoms with Gasteiger partial charge in [0.05, 0.1) is 0 Å². The number of nitrogens with zero attached hydrogens (tertiary/aromatic N) is 5. The fourth-order valence-corrected chi connectivity index (χ4v) is 3.77. The van der Waals surface area contributed by atoms with Crippen molar-refractivity contribution in [3.05, 3.63) is 63.7 Å². The molecule has 0 radical (unpaired) electrons. The van der Waals surface area contributed by atoms with E-state index in [0.717, 1.165) is 39.3 Å². The lowest BCUT2D eigenvalue weighted by molar-refractivity contribution is 0.0538. The number of azide groups is 1.